The molecule has 0 unspecified atom stereocenters. The van der Waals surface area contributed by atoms with Gasteiger partial charge in [-0.25, -0.2) is 8.42 Å². The molecule has 0 heterocycles. The summed E-state index contributed by atoms with van der Waals surface area (Å²) in [5, 5.41) is 0. The van der Waals surface area contributed by atoms with Crippen LogP contribution in [0.5, 0.6) is 5.75 Å². The van der Waals surface area contributed by atoms with E-state index in [1.165, 1.54) is 4.31 Å². The third-order valence-electron chi connectivity index (χ3n) is 3.20. The molecule has 1 aromatic rings. The Bertz CT molecular complexity index is 572. The van der Waals surface area contributed by atoms with Crippen molar-refractivity contribution in [2.45, 2.75) is 23.8 Å². The lowest BCUT2D eigenvalue weighted by molar-refractivity contribution is 0.177. The van der Waals surface area contributed by atoms with Crippen LogP contribution in [-0.2, 0) is 14.8 Å². The lowest BCUT2D eigenvalue weighted by Crippen LogP contribution is -2.35. The second-order valence-electron chi connectivity index (χ2n) is 4.64. The fraction of sp³-hybridized carbons (Fsp3) is 0.538. The molecule has 1 aliphatic rings. The number of halogens is 1. The van der Waals surface area contributed by atoms with Crippen LogP contribution in [0, 0.1) is 0 Å². The highest BCUT2D eigenvalue weighted by molar-refractivity contribution is 9.10. The second-order valence-corrected chi connectivity index (χ2v) is 7.38. The van der Waals surface area contributed by atoms with Gasteiger partial charge in [0.2, 0.25) is 10.0 Å². The van der Waals surface area contributed by atoms with E-state index in [2.05, 4.69) is 15.9 Å². The van der Waals surface area contributed by atoms with Crippen molar-refractivity contribution in [1.29, 1.82) is 0 Å². The van der Waals surface area contributed by atoms with Gasteiger partial charge in [0, 0.05) is 19.7 Å². The first kappa shape index (κ1) is 15.8. The lowest BCUT2D eigenvalue weighted by atomic mass is 10.3. The van der Waals surface area contributed by atoms with Crippen molar-refractivity contribution in [2.75, 3.05) is 27.4 Å². The van der Waals surface area contributed by atoms with Crippen molar-refractivity contribution in [3.8, 4) is 5.75 Å². The topological polar surface area (TPSA) is 55.8 Å². The van der Waals surface area contributed by atoms with Crippen LogP contribution in [0.3, 0.4) is 0 Å². The molecule has 2 rings (SSSR count). The van der Waals surface area contributed by atoms with Crippen molar-refractivity contribution in [3.05, 3.63) is 22.7 Å². The summed E-state index contributed by atoms with van der Waals surface area (Å²) >= 11 is 3.32. The Balaban J connectivity index is 2.29. The summed E-state index contributed by atoms with van der Waals surface area (Å²) in [4.78, 5) is 0.271. The van der Waals surface area contributed by atoms with Crippen molar-refractivity contribution in [1.82, 2.24) is 4.31 Å². The molecule has 0 bridgehead atoms. The average Bonchev–Trinajstić information content (AvgIpc) is 3.23. The molecule has 0 aliphatic heterocycles. The molecule has 112 valence electrons. The molecule has 20 heavy (non-hydrogen) atoms. The normalized spacial score (nSPS) is 15.6. The van der Waals surface area contributed by atoms with Gasteiger partial charge in [-0.3, -0.25) is 0 Å². The van der Waals surface area contributed by atoms with Gasteiger partial charge in [0.15, 0.2) is 0 Å². The summed E-state index contributed by atoms with van der Waals surface area (Å²) in [6, 6.07) is 4.91. The SMILES string of the molecule is COCCN(C1CC1)S(=O)(=O)c1ccc(OC)c(Br)c1. The van der Waals surface area contributed by atoms with E-state index in [0.717, 1.165) is 12.8 Å². The van der Waals surface area contributed by atoms with Gasteiger partial charge in [-0.1, -0.05) is 0 Å². The van der Waals surface area contributed by atoms with E-state index in [9.17, 15) is 8.42 Å². The number of methoxy groups -OCH3 is 2. The summed E-state index contributed by atoms with van der Waals surface area (Å²) in [5.74, 6) is 0.610. The number of hydrogen-bond donors (Lipinski definition) is 0. The van der Waals surface area contributed by atoms with Crippen LogP contribution in [-0.4, -0.2) is 46.1 Å². The van der Waals surface area contributed by atoms with E-state index in [1.807, 2.05) is 0 Å². The van der Waals surface area contributed by atoms with Crippen molar-refractivity contribution >= 4 is 26.0 Å². The van der Waals surface area contributed by atoms with Crippen LogP contribution in [0.4, 0.5) is 0 Å². The van der Waals surface area contributed by atoms with Crippen molar-refractivity contribution < 1.29 is 17.9 Å². The molecule has 0 radical (unpaired) electrons. The molecular formula is C13H18BrNO4S. The lowest BCUT2D eigenvalue weighted by Gasteiger charge is -2.21. The fourth-order valence-corrected chi connectivity index (χ4v) is 4.37. The summed E-state index contributed by atoms with van der Waals surface area (Å²) in [7, 11) is -0.374. The Morgan fingerprint density at radius 2 is 2.05 bits per heavy atom. The standard InChI is InChI=1S/C13H18BrNO4S/c1-18-8-7-15(10-3-4-10)20(16,17)11-5-6-13(19-2)12(14)9-11/h5-6,9-10H,3-4,7-8H2,1-2H3. The summed E-state index contributed by atoms with van der Waals surface area (Å²) in [5.41, 5.74) is 0. The smallest absolute Gasteiger partial charge is 0.243 e. The first-order valence-electron chi connectivity index (χ1n) is 6.35. The number of hydrogen-bond acceptors (Lipinski definition) is 4. The first-order chi connectivity index (χ1) is 9.50. The molecular weight excluding hydrogens is 346 g/mol. The van der Waals surface area contributed by atoms with Crippen LogP contribution < -0.4 is 4.74 Å². The third kappa shape index (κ3) is 3.33. The van der Waals surface area contributed by atoms with E-state index >= 15 is 0 Å². The van der Waals surface area contributed by atoms with Gasteiger partial charge in [-0.05, 0) is 47.0 Å². The maximum Gasteiger partial charge on any atom is 0.243 e. The van der Waals surface area contributed by atoms with E-state index in [-0.39, 0.29) is 10.9 Å². The molecule has 0 saturated heterocycles. The van der Waals surface area contributed by atoms with Crippen molar-refractivity contribution in [3.63, 3.8) is 0 Å². The Labute approximate surface area is 128 Å². The van der Waals surface area contributed by atoms with E-state index in [0.29, 0.717) is 23.4 Å². The number of rotatable bonds is 7. The Morgan fingerprint density at radius 1 is 1.35 bits per heavy atom. The molecule has 0 atom stereocenters. The maximum atomic E-state index is 12.7. The molecule has 0 N–H and O–H groups in total. The minimum Gasteiger partial charge on any atom is -0.496 e. The largest absolute Gasteiger partial charge is 0.496 e. The predicted octanol–water partition coefficient (Wildman–Crippen LogP) is 2.26. The average molecular weight is 364 g/mol. The Kier molecular flexibility index (Phi) is 5.06. The Hall–Kier alpha value is -0.630. The van der Waals surface area contributed by atoms with Crippen LogP contribution in [0.2, 0.25) is 0 Å². The zero-order valence-corrected chi connectivity index (χ0v) is 13.9. The molecule has 1 fully saturated rings. The quantitative estimate of drug-likeness (QED) is 0.745. The highest BCUT2D eigenvalue weighted by Gasteiger charge is 2.37. The van der Waals surface area contributed by atoms with Crippen LogP contribution >= 0.6 is 15.9 Å². The molecule has 1 saturated carbocycles. The Morgan fingerprint density at radius 3 is 2.55 bits per heavy atom. The van der Waals surface area contributed by atoms with Gasteiger partial charge >= 0.3 is 0 Å². The maximum absolute atomic E-state index is 12.7. The zero-order valence-electron chi connectivity index (χ0n) is 11.5. The predicted molar refractivity (Wildman–Crippen MR) is 79.5 cm³/mol. The van der Waals surface area contributed by atoms with Crippen molar-refractivity contribution in [2.24, 2.45) is 0 Å². The minimum absolute atomic E-state index is 0.107. The summed E-state index contributed by atoms with van der Waals surface area (Å²) in [6.07, 6.45) is 1.83. The fourth-order valence-electron chi connectivity index (χ4n) is 1.99. The number of ether oxygens (including phenoxy) is 2. The molecule has 0 aromatic heterocycles. The number of benzene rings is 1. The van der Waals surface area contributed by atoms with Gasteiger partial charge in [-0.2, -0.15) is 4.31 Å². The van der Waals surface area contributed by atoms with Gasteiger partial charge in [0.05, 0.1) is 23.1 Å². The molecule has 1 aromatic carbocycles. The molecule has 5 nitrogen and oxygen atoms in total. The molecule has 0 spiro atoms. The van der Waals surface area contributed by atoms with Gasteiger partial charge in [-0.15, -0.1) is 0 Å². The van der Waals surface area contributed by atoms with Gasteiger partial charge in [0.25, 0.3) is 0 Å². The van der Waals surface area contributed by atoms with Crippen LogP contribution in [0.1, 0.15) is 12.8 Å². The molecule has 0 amide bonds. The van der Waals surface area contributed by atoms with Gasteiger partial charge < -0.3 is 9.47 Å². The van der Waals surface area contributed by atoms with Gasteiger partial charge in [0.1, 0.15) is 5.75 Å². The third-order valence-corrected chi connectivity index (χ3v) is 5.77. The highest BCUT2D eigenvalue weighted by Crippen LogP contribution is 2.34. The van der Waals surface area contributed by atoms with Crippen LogP contribution in [0.15, 0.2) is 27.6 Å². The molecule has 7 heteroatoms. The van der Waals surface area contributed by atoms with E-state index < -0.39 is 10.0 Å². The second kappa shape index (κ2) is 6.43. The van der Waals surface area contributed by atoms with E-state index in [4.69, 9.17) is 9.47 Å². The first-order valence-corrected chi connectivity index (χ1v) is 8.58. The monoisotopic (exact) mass is 363 g/mol. The minimum atomic E-state index is -3.49. The summed E-state index contributed by atoms with van der Waals surface area (Å²) < 4.78 is 37.6. The highest BCUT2D eigenvalue weighted by atomic mass is 79.9. The number of sulfonamides is 1. The number of nitrogens with zero attached hydrogens (tertiary/aromatic N) is 1. The zero-order chi connectivity index (χ0) is 14.8. The van der Waals surface area contributed by atoms with Crippen LogP contribution in [0.25, 0.3) is 0 Å². The van der Waals surface area contributed by atoms with E-state index in [1.54, 1.807) is 32.4 Å². The summed E-state index contributed by atoms with van der Waals surface area (Å²) in [6.45, 7) is 0.778. The molecule has 1 aliphatic carbocycles.